The highest BCUT2D eigenvalue weighted by molar-refractivity contribution is 5.99. The number of nitrogens with one attached hydrogen (secondary N) is 1. The number of halogens is 1. The number of anilines is 1. The van der Waals surface area contributed by atoms with Crippen molar-refractivity contribution in [2.45, 2.75) is 45.6 Å². The number of amides is 1. The van der Waals surface area contributed by atoms with Gasteiger partial charge in [0.05, 0.1) is 11.8 Å². The maximum absolute atomic E-state index is 13.4. The molecule has 1 fully saturated rings. The van der Waals surface area contributed by atoms with Gasteiger partial charge in [-0.15, -0.1) is 0 Å². The van der Waals surface area contributed by atoms with Crippen LogP contribution in [0.5, 0.6) is 0 Å². The molecule has 1 saturated carbocycles. The Kier molecular flexibility index (Phi) is 4.93. The van der Waals surface area contributed by atoms with Gasteiger partial charge in [0, 0.05) is 19.1 Å². The molecule has 2 rings (SSSR count). The molecule has 0 unspecified atom stereocenters. The lowest BCUT2D eigenvalue weighted by Crippen LogP contribution is -2.34. The normalized spacial score (nSPS) is 14.2. The van der Waals surface area contributed by atoms with Crippen LogP contribution in [0.2, 0.25) is 0 Å². The van der Waals surface area contributed by atoms with Crippen LogP contribution in [0.15, 0.2) is 12.3 Å². The van der Waals surface area contributed by atoms with Crippen LogP contribution in [0.1, 0.15) is 49.9 Å². The summed E-state index contributed by atoms with van der Waals surface area (Å²) < 4.78 is 13.4. The molecule has 1 aromatic rings. The summed E-state index contributed by atoms with van der Waals surface area (Å²) in [5.74, 6) is -0.105. The van der Waals surface area contributed by atoms with Crippen molar-refractivity contribution in [3.63, 3.8) is 0 Å². The fourth-order valence-electron chi connectivity index (χ4n) is 2.23. The predicted molar refractivity (Wildman–Crippen MR) is 77.3 cm³/mol. The molecule has 20 heavy (non-hydrogen) atoms. The van der Waals surface area contributed by atoms with E-state index in [-0.39, 0.29) is 5.91 Å². The summed E-state index contributed by atoms with van der Waals surface area (Å²) in [6.07, 6.45) is 5.26. The first-order valence-electron chi connectivity index (χ1n) is 7.37. The van der Waals surface area contributed by atoms with Crippen LogP contribution in [0.25, 0.3) is 0 Å². The number of nitrogens with zero attached hydrogens (tertiary/aromatic N) is 2. The summed E-state index contributed by atoms with van der Waals surface area (Å²) in [5.41, 5.74) is 0.342. The van der Waals surface area contributed by atoms with Crippen molar-refractivity contribution in [3.05, 3.63) is 23.6 Å². The van der Waals surface area contributed by atoms with Gasteiger partial charge in [0.15, 0.2) is 0 Å². The molecule has 0 atom stereocenters. The SMILES string of the molecule is CCCCN(C(=O)c1cc(F)cnc1NCC)C1CC1. The molecular weight excluding hydrogens is 257 g/mol. The summed E-state index contributed by atoms with van der Waals surface area (Å²) in [6, 6.07) is 1.61. The van der Waals surface area contributed by atoms with Crippen molar-refractivity contribution >= 4 is 11.7 Å². The van der Waals surface area contributed by atoms with Gasteiger partial charge >= 0.3 is 0 Å². The van der Waals surface area contributed by atoms with E-state index in [1.807, 2.05) is 11.8 Å². The van der Waals surface area contributed by atoms with Crippen LogP contribution in [0.4, 0.5) is 10.2 Å². The lowest BCUT2D eigenvalue weighted by atomic mass is 10.2. The van der Waals surface area contributed by atoms with Crippen LogP contribution < -0.4 is 5.32 Å². The van der Waals surface area contributed by atoms with E-state index in [0.29, 0.717) is 24.0 Å². The van der Waals surface area contributed by atoms with Crippen LogP contribution in [-0.2, 0) is 0 Å². The van der Waals surface area contributed by atoms with Crippen LogP contribution in [0.3, 0.4) is 0 Å². The summed E-state index contributed by atoms with van der Waals surface area (Å²) in [6.45, 7) is 5.41. The van der Waals surface area contributed by atoms with Gasteiger partial charge in [-0.1, -0.05) is 13.3 Å². The second-order valence-electron chi connectivity index (χ2n) is 5.16. The molecule has 5 heteroatoms. The van der Waals surface area contributed by atoms with Gasteiger partial charge < -0.3 is 10.2 Å². The van der Waals surface area contributed by atoms with Gasteiger partial charge in [0.25, 0.3) is 5.91 Å². The van der Waals surface area contributed by atoms with Crippen molar-refractivity contribution in [2.24, 2.45) is 0 Å². The van der Waals surface area contributed by atoms with E-state index in [2.05, 4.69) is 17.2 Å². The van der Waals surface area contributed by atoms with Crippen LogP contribution in [0, 0.1) is 5.82 Å². The maximum Gasteiger partial charge on any atom is 0.257 e. The molecule has 1 aliphatic carbocycles. The average molecular weight is 279 g/mol. The van der Waals surface area contributed by atoms with Crippen molar-refractivity contribution in [1.82, 2.24) is 9.88 Å². The standard InChI is InChI=1S/C15H22FN3O/c1-3-5-8-19(12-6-7-12)15(20)13-9-11(16)10-18-14(13)17-4-2/h9-10,12H,3-8H2,1-2H3,(H,17,18). The van der Waals surface area contributed by atoms with E-state index in [4.69, 9.17) is 0 Å². The lowest BCUT2D eigenvalue weighted by Gasteiger charge is -2.23. The van der Waals surface area contributed by atoms with Crippen LogP contribution in [-0.4, -0.2) is 34.9 Å². The zero-order chi connectivity index (χ0) is 14.5. The molecule has 0 bridgehead atoms. The quantitative estimate of drug-likeness (QED) is 0.834. The van der Waals surface area contributed by atoms with E-state index in [0.717, 1.165) is 38.4 Å². The van der Waals surface area contributed by atoms with Crippen molar-refractivity contribution in [2.75, 3.05) is 18.4 Å². The first kappa shape index (κ1) is 14.8. The van der Waals surface area contributed by atoms with Crippen molar-refractivity contribution in [3.8, 4) is 0 Å². The van der Waals surface area contributed by atoms with Gasteiger partial charge in [0.2, 0.25) is 0 Å². The topological polar surface area (TPSA) is 45.2 Å². The summed E-state index contributed by atoms with van der Waals surface area (Å²) in [7, 11) is 0. The number of unbranched alkanes of at least 4 members (excludes halogenated alkanes) is 1. The van der Waals surface area contributed by atoms with E-state index in [1.165, 1.54) is 6.07 Å². The Morgan fingerprint density at radius 2 is 2.25 bits per heavy atom. The predicted octanol–water partition coefficient (Wildman–Crippen LogP) is 3.06. The molecule has 4 nitrogen and oxygen atoms in total. The highest BCUT2D eigenvalue weighted by atomic mass is 19.1. The van der Waals surface area contributed by atoms with Gasteiger partial charge in [-0.25, -0.2) is 9.37 Å². The molecule has 1 heterocycles. The second-order valence-corrected chi connectivity index (χ2v) is 5.16. The summed E-state index contributed by atoms with van der Waals surface area (Å²) in [5, 5.41) is 3.03. The van der Waals surface area contributed by atoms with Gasteiger partial charge in [0.1, 0.15) is 11.6 Å². The molecular formula is C15H22FN3O. The number of carbonyl (C=O) groups is 1. The largest absolute Gasteiger partial charge is 0.370 e. The number of rotatable bonds is 7. The summed E-state index contributed by atoms with van der Waals surface area (Å²) >= 11 is 0. The monoisotopic (exact) mass is 279 g/mol. The number of hydrogen-bond donors (Lipinski definition) is 1. The Bertz CT molecular complexity index is 474. The summed E-state index contributed by atoms with van der Waals surface area (Å²) in [4.78, 5) is 18.5. The molecule has 1 aliphatic rings. The fourth-order valence-corrected chi connectivity index (χ4v) is 2.23. The first-order valence-corrected chi connectivity index (χ1v) is 7.37. The lowest BCUT2D eigenvalue weighted by molar-refractivity contribution is 0.0741. The van der Waals surface area contributed by atoms with Gasteiger partial charge in [-0.05, 0) is 32.3 Å². The van der Waals surface area contributed by atoms with Gasteiger partial charge in [-0.2, -0.15) is 0 Å². The van der Waals surface area contributed by atoms with E-state index in [9.17, 15) is 9.18 Å². The molecule has 0 radical (unpaired) electrons. The zero-order valence-corrected chi connectivity index (χ0v) is 12.2. The van der Waals surface area contributed by atoms with Gasteiger partial charge in [-0.3, -0.25) is 4.79 Å². The number of aromatic nitrogens is 1. The zero-order valence-electron chi connectivity index (χ0n) is 12.2. The first-order chi connectivity index (χ1) is 9.67. The minimum atomic E-state index is -0.471. The number of hydrogen-bond acceptors (Lipinski definition) is 3. The molecule has 0 saturated heterocycles. The third-order valence-electron chi connectivity index (χ3n) is 3.43. The molecule has 1 N–H and O–H groups in total. The Morgan fingerprint density at radius 3 is 2.85 bits per heavy atom. The maximum atomic E-state index is 13.4. The number of pyridine rings is 1. The van der Waals surface area contributed by atoms with Crippen LogP contribution >= 0.6 is 0 Å². The fraction of sp³-hybridized carbons (Fsp3) is 0.600. The molecule has 1 aromatic heterocycles. The Hall–Kier alpha value is -1.65. The Balaban J connectivity index is 2.23. The molecule has 110 valence electrons. The molecule has 0 aliphatic heterocycles. The third-order valence-corrected chi connectivity index (χ3v) is 3.43. The van der Waals surface area contributed by atoms with E-state index < -0.39 is 5.82 Å². The minimum absolute atomic E-state index is 0.107. The molecule has 0 aromatic carbocycles. The van der Waals surface area contributed by atoms with Crippen molar-refractivity contribution < 1.29 is 9.18 Å². The molecule has 0 spiro atoms. The Labute approximate surface area is 119 Å². The van der Waals surface area contributed by atoms with Crippen molar-refractivity contribution in [1.29, 1.82) is 0 Å². The highest BCUT2D eigenvalue weighted by Crippen LogP contribution is 2.29. The number of carbonyl (C=O) groups excluding carboxylic acids is 1. The van der Waals surface area contributed by atoms with E-state index >= 15 is 0 Å². The van der Waals surface area contributed by atoms with E-state index in [1.54, 1.807) is 0 Å². The highest BCUT2D eigenvalue weighted by Gasteiger charge is 2.33. The smallest absolute Gasteiger partial charge is 0.257 e. The average Bonchev–Trinajstić information content (AvgIpc) is 3.26. The third kappa shape index (κ3) is 3.46. The Morgan fingerprint density at radius 1 is 1.50 bits per heavy atom. The molecule has 1 amide bonds. The minimum Gasteiger partial charge on any atom is -0.370 e. The second kappa shape index (κ2) is 6.68.